The summed E-state index contributed by atoms with van der Waals surface area (Å²) in [5.74, 6) is 1.58. The number of esters is 1. The van der Waals surface area contributed by atoms with Gasteiger partial charge >= 0.3 is 5.97 Å². The van der Waals surface area contributed by atoms with Crippen LogP contribution in [0.5, 0.6) is 0 Å². The number of nitrogens with two attached hydrogens (primary N) is 1. The fourth-order valence-corrected chi connectivity index (χ4v) is 2.51. The number of hydrogen-bond acceptors (Lipinski definition) is 5. The summed E-state index contributed by atoms with van der Waals surface area (Å²) in [7, 11) is 1.37. The number of aromatic nitrogens is 1. The average Bonchev–Trinajstić information content (AvgIpc) is 2.87. The first kappa shape index (κ1) is 13.6. The Bertz CT molecular complexity index is 474. The van der Waals surface area contributed by atoms with Gasteiger partial charge in [-0.2, -0.15) is 0 Å². The molecule has 0 saturated carbocycles. The summed E-state index contributed by atoms with van der Waals surface area (Å²) in [6.07, 6.45) is 2.72. The van der Waals surface area contributed by atoms with Crippen molar-refractivity contribution in [2.24, 2.45) is 11.8 Å². The maximum atomic E-state index is 11.8. The highest BCUT2D eigenvalue weighted by atomic mass is 16.5. The van der Waals surface area contributed by atoms with Crippen LogP contribution in [-0.4, -0.2) is 31.2 Å². The van der Waals surface area contributed by atoms with Crippen LogP contribution in [0.4, 0.5) is 11.5 Å². The van der Waals surface area contributed by atoms with Gasteiger partial charge < -0.3 is 15.4 Å². The first-order valence-corrected chi connectivity index (χ1v) is 6.61. The van der Waals surface area contributed by atoms with Gasteiger partial charge in [-0.3, -0.25) is 0 Å². The lowest BCUT2D eigenvalue weighted by atomic mass is 9.95. The number of hydrogen-bond donors (Lipinski definition) is 1. The standard InChI is InChI=1S/C14H21N3O2/c1-9(2)10-4-5-17(8-10)13-12(14(18)19-3)6-11(15)7-16-13/h6-7,9-10H,4-5,8,15H2,1-3H3. The van der Waals surface area contributed by atoms with Crippen LogP contribution < -0.4 is 10.6 Å². The Morgan fingerprint density at radius 1 is 1.58 bits per heavy atom. The molecule has 2 N–H and O–H groups in total. The van der Waals surface area contributed by atoms with Gasteiger partial charge in [0.05, 0.1) is 19.0 Å². The molecule has 5 heteroatoms. The van der Waals surface area contributed by atoms with E-state index in [4.69, 9.17) is 10.5 Å². The van der Waals surface area contributed by atoms with Crippen LogP contribution in [0, 0.1) is 11.8 Å². The third kappa shape index (κ3) is 2.80. The number of nitrogen functional groups attached to an aromatic ring is 1. The number of pyridine rings is 1. The topological polar surface area (TPSA) is 68.5 Å². The van der Waals surface area contributed by atoms with Gasteiger partial charge in [-0.05, 0) is 24.3 Å². The lowest BCUT2D eigenvalue weighted by Gasteiger charge is -2.21. The number of ether oxygens (including phenoxy) is 1. The maximum Gasteiger partial charge on any atom is 0.341 e. The largest absolute Gasteiger partial charge is 0.465 e. The van der Waals surface area contributed by atoms with Crippen LogP contribution in [-0.2, 0) is 4.74 Å². The molecule has 1 atom stereocenters. The predicted octanol–water partition coefficient (Wildman–Crippen LogP) is 1.93. The van der Waals surface area contributed by atoms with Crippen molar-refractivity contribution in [3.05, 3.63) is 17.8 Å². The highest BCUT2D eigenvalue weighted by Gasteiger charge is 2.28. The Morgan fingerprint density at radius 2 is 2.32 bits per heavy atom. The molecule has 0 aliphatic carbocycles. The fourth-order valence-electron chi connectivity index (χ4n) is 2.51. The van der Waals surface area contributed by atoms with Crippen LogP contribution >= 0.6 is 0 Å². The van der Waals surface area contributed by atoms with E-state index in [1.165, 1.54) is 7.11 Å². The number of carbonyl (C=O) groups excluding carboxylic acids is 1. The molecule has 1 aliphatic rings. The molecule has 5 nitrogen and oxygen atoms in total. The van der Waals surface area contributed by atoms with Gasteiger partial charge in [0.2, 0.25) is 0 Å². The van der Waals surface area contributed by atoms with Crippen molar-refractivity contribution >= 4 is 17.5 Å². The maximum absolute atomic E-state index is 11.8. The number of methoxy groups -OCH3 is 1. The summed E-state index contributed by atoms with van der Waals surface area (Å²) in [6.45, 7) is 6.31. The number of carbonyl (C=O) groups is 1. The van der Waals surface area contributed by atoms with Gasteiger partial charge in [0.15, 0.2) is 0 Å². The van der Waals surface area contributed by atoms with Gasteiger partial charge in [-0.25, -0.2) is 9.78 Å². The number of anilines is 2. The monoisotopic (exact) mass is 263 g/mol. The van der Waals surface area contributed by atoms with Gasteiger partial charge in [-0.15, -0.1) is 0 Å². The molecule has 1 unspecified atom stereocenters. The van der Waals surface area contributed by atoms with Crippen molar-refractivity contribution in [3.63, 3.8) is 0 Å². The minimum Gasteiger partial charge on any atom is -0.465 e. The number of rotatable bonds is 3. The zero-order valence-electron chi connectivity index (χ0n) is 11.7. The molecule has 2 heterocycles. The van der Waals surface area contributed by atoms with E-state index in [0.29, 0.717) is 28.9 Å². The molecule has 1 fully saturated rings. The molecule has 1 aromatic rings. The van der Waals surface area contributed by atoms with Crippen LogP contribution in [0.15, 0.2) is 12.3 Å². The molecule has 19 heavy (non-hydrogen) atoms. The second-order valence-corrected chi connectivity index (χ2v) is 5.37. The summed E-state index contributed by atoms with van der Waals surface area (Å²) in [4.78, 5) is 18.3. The molecule has 1 aromatic heterocycles. The van der Waals surface area contributed by atoms with Crippen molar-refractivity contribution < 1.29 is 9.53 Å². The van der Waals surface area contributed by atoms with Crippen molar-refractivity contribution in [2.45, 2.75) is 20.3 Å². The highest BCUT2D eigenvalue weighted by molar-refractivity contribution is 5.95. The van der Waals surface area contributed by atoms with Crippen LogP contribution in [0.1, 0.15) is 30.6 Å². The van der Waals surface area contributed by atoms with E-state index < -0.39 is 0 Å². The van der Waals surface area contributed by atoms with E-state index in [9.17, 15) is 4.79 Å². The van der Waals surface area contributed by atoms with E-state index in [-0.39, 0.29) is 5.97 Å². The van der Waals surface area contributed by atoms with E-state index in [2.05, 4.69) is 23.7 Å². The van der Waals surface area contributed by atoms with Crippen molar-refractivity contribution in [3.8, 4) is 0 Å². The van der Waals surface area contributed by atoms with E-state index in [0.717, 1.165) is 19.5 Å². The Hall–Kier alpha value is -1.78. The smallest absolute Gasteiger partial charge is 0.341 e. The van der Waals surface area contributed by atoms with Crippen molar-refractivity contribution in [1.82, 2.24) is 4.98 Å². The Morgan fingerprint density at radius 3 is 2.89 bits per heavy atom. The summed E-state index contributed by atoms with van der Waals surface area (Å²) in [5.41, 5.74) is 6.63. The van der Waals surface area contributed by atoms with Gasteiger partial charge in [0.25, 0.3) is 0 Å². The third-order valence-corrected chi connectivity index (χ3v) is 3.76. The van der Waals surface area contributed by atoms with Crippen molar-refractivity contribution in [1.29, 1.82) is 0 Å². The summed E-state index contributed by atoms with van der Waals surface area (Å²) < 4.78 is 4.80. The minimum atomic E-state index is -0.386. The molecule has 2 rings (SSSR count). The first-order chi connectivity index (χ1) is 9.02. The first-order valence-electron chi connectivity index (χ1n) is 6.61. The van der Waals surface area contributed by atoms with E-state index in [1.807, 2.05) is 0 Å². The second-order valence-electron chi connectivity index (χ2n) is 5.37. The van der Waals surface area contributed by atoms with E-state index >= 15 is 0 Å². The third-order valence-electron chi connectivity index (χ3n) is 3.76. The molecule has 0 aromatic carbocycles. The molecule has 1 aliphatic heterocycles. The zero-order valence-corrected chi connectivity index (χ0v) is 11.7. The molecule has 104 valence electrons. The van der Waals surface area contributed by atoms with Crippen molar-refractivity contribution in [2.75, 3.05) is 30.8 Å². The van der Waals surface area contributed by atoms with Crippen LogP contribution in [0.2, 0.25) is 0 Å². The Labute approximate surface area is 113 Å². The van der Waals surface area contributed by atoms with Crippen LogP contribution in [0.3, 0.4) is 0 Å². The zero-order chi connectivity index (χ0) is 14.0. The Balaban J connectivity index is 2.28. The SMILES string of the molecule is COC(=O)c1cc(N)cnc1N1CCC(C(C)C)C1. The molecule has 0 amide bonds. The van der Waals surface area contributed by atoms with Gasteiger partial charge in [0, 0.05) is 13.1 Å². The molecule has 0 spiro atoms. The molecule has 0 bridgehead atoms. The lowest BCUT2D eigenvalue weighted by molar-refractivity contribution is 0.0601. The predicted molar refractivity (Wildman–Crippen MR) is 75.1 cm³/mol. The molecular weight excluding hydrogens is 242 g/mol. The van der Waals surface area contributed by atoms with Gasteiger partial charge in [0.1, 0.15) is 11.4 Å². The van der Waals surface area contributed by atoms with Crippen LogP contribution in [0.25, 0.3) is 0 Å². The second kappa shape index (κ2) is 5.47. The Kier molecular flexibility index (Phi) is 3.93. The fraction of sp³-hybridized carbons (Fsp3) is 0.571. The summed E-state index contributed by atoms with van der Waals surface area (Å²) in [6, 6.07) is 1.64. The summed E-state index contributed by atoms with van der Waals surface area (Å²) in [5, 5.41) is 0. The van der Waals surface area contributed by atoms with Gasteiger partial charge in [-0.1, -0.05) is 13.8 Å². The lowest BCUT2D eigenvalue weighted by Crippen LogP contribution is -2.25. The minimum absolute atomic E-state index is 0.386. The number of nitrogens with zero attached hydrogens (tertiary/aromatic N) is 2. The highest BCUT2D eigenvalue weighted by Crippen LogP contribution is 2.30. The average molecular weight is 263 g/mol. The summed E-state index contributed by atoms with van der Waals surface area (Å²) >= 11 is 0. The molecule has 1 saturated heterocycles. The molecule has 0 radical (unpaired) electrons. The van der Waals surface area contributed by atoms with E-state index in [1.54, 1.807) is 12.3 Å². The quantitative estimate of drug-likeness (QED) is 0.844. The normalized spacial score (nSPS) is 18.9. The molecular formula is C14H21N3O2.